The summed E-state index contributed by atoms with van der Waals surface area (Å²) in [6.07, 6.45) is 4.48. The fourth-order valence-electron chi connectivity index (χ4n) is 2.78. The highest BCUT2D eigenvalue weighted by atomic mass is 16.3. The molecule has 1 atom stereocenters. The molecule has 0 spiro atoms. The van der Waals surface area contributed by atoms with E-state index in [2.05, 4.69) is 20.5 Å². The van der Waals surface area contributed by atoms with E-state index >= 15 is 0 Å². The third-order valence-electron chi connectivity index (χ3n) is 3.83. The number of aryl methyl sites for hydroxylation is 1. The summed E-state index contributed by atoms with van der Waals surface area (Å²) in [6.45, 7) is 2.30. The van der Waals surface area contributed by atoms with Gasteiger partial charge in [-0.05, 0) is 12.8 Å². The van der Waals surface area contributed by atoms with Crippen molar-refractivity contribution >= 4 is 11.8 Å². The zero-order valence-corrected chi connectivity index (χ0v) is 12.4. The lowest BCUT2D eigenvalue weighted by Crippen LogP contribution is -2.32. The molecule has 1 aliphatic heterocycles. The van der Waals surface area contributed by atoms with E-state index in [1.54, 1.807) is 18.9 Å². The van der Waals surface area contributed by atoms with Gasteiger partial charge in [0.1, 0.15) is 6.26 Å². The van der Waals surface area contributed by atoms with Gasteiger partial charge in [0.15, 0.2) is 11.6 Å². The SMILES string of the molecule is CNC(=O)c1cn[nH]c1[C@H]1CCCN1C(=O)c1coc(C)n1. The minimum absolute atomic E-state index is 0.197. The minimum Gasteiger partial charge on any atom is -0.448 e. The minimum atomic E-state index is -0.222. The summed E-state index contributed by atoms with van der Waals surface area (Å²) in [5.41, 5.74) is 1.40. The summed E-state index contributed by atoms with van der Waals surface area (Å²) in [4.78, 5) is 30.3. The Hall–Kier alpha value is -2.64. The predicted molar refractivity (Wildman–Crippen MR) is 76.2 cm³/mol. The third-order valence-corrected chi connectivity index (χ3v) is 3.83. The zero-order valence-electron chi connectivity index (χ0n) is 12.4. The summed E-state index contributed by atoms with van der Waals surface area (Å²) in [5.74, 6) is 0.0313. The number of rotatable bonds is 3. The van der Waals surface area contributed by atoms with Crippen LogP contribution in [0.2, 0.25) is 0 Å². The molecule has 116 valence electrons. The first-order chi connectivity index (χ1) is 10.6. The molecule has 2 N–H and O–H groups in total. The molecule has 0 unspecified atom stereocenters. The highest BCUT2D eigenvalue weighted by Crippen LogP contribution is 2.33. The second-order valence-corrected chi connectivity index (χ2v) is 5.18. The van der Waals surface area contributed by atoms with Gasteiger partial charge in [-0.15, -0.1) is 0 Å². The Bertz CT molecular complexity index is 705. The molecular weight excluding hydrogens is 286 g/mol. The standard InChI is InChI=1S/C14H17N5O3/c1-8-17-10(7-22-8)14(21)19-5-3-4-11(19)12-9(6-16-18-12)13(20)15-2/h6-7,11H,3-5H2,1-2H3,(H,15,20)(H,16,18)/t11-/m1/s1. The van der Waals surface area contributed by atoms with Crippen molar-refractivity contribution in [2.45, 2.75) is 25.8 Å². The predicted octanol–water partition coefficient (Wildman–Crippen LogP) is 1.04. The average Bonchev–Trinajstić information content (AvgIpc) is 3.24. The van der Waals surface area contributed by atoms with Crippen LogP contribution < -0.4 is 5.32 Å². The summed E-state index contributed by atoms with van der Waals surface area (Å²) in [5, 5.41) is 9.38. The lowest BCUT2D eigenvalue weighted by Gasteiger charge is -2.23. The second kappa shape index (κ2) is 5.63. The number of hydrogen-bond donors (Lipinski definition) is 2. The lowest BCUT2D eigenvalue weighted by molar-refractivity contribution is 0.0723. The highest BCUT2D eigenvalue weighted by molar-refractivity contribution is 5.96. The van der Waals surface area contributed by atoms with E-state index in [1.807, 2.05) is 0 Å². The van der Waals surface area contributed by atoms with Gasteiger partial charge < -0.3 is 14.6 Å². The number of nitrogens with one attached hydrogen (secondary N) is 2. The third kappa shape index (κ3) is 2.36. The van der Waals surface area contributed by atoms with Gasteiger partial charge in [0.25, 0.3) is 11.8 Å². The molecule has 3 heterocycles. The summed E-state index contributed by atoms with van der Waals surface area (Å²) >= 11 is 0. The summed E-state index contributed by atoms with van der Waals surface area (Å²) in [6, 6.07) is -0.209. The van der Waals surface area contributed by atoms with Crippen LogP contribution in [0.25, 0.3) is 0 Å². The molecular formula is C14H17N5O3. The molecule has 3 rings (SSSR count). The van der Waals surface area contributed by atoms with Crippen molar-refractivity contribution in [3.05, 3.63) is 35.3 Å². The molecule has 2 amide bonds. The van der Waals surface area contributed by atoms with Crippen molar-refractivity contribution in [2.24, 2.45) is 0 Å². The number of likely N-dealkylation sites (tertiary alicyclic amines) is 1. The molecule has 2 aromatic rings. The quantitative estimate of drug-likeness (QED) is 0.881. The number of nitrogens with zero attached hydrogens (tertiary/aromatic N) is 3. The zero-order chi connectivity index (χ0) is 15.7. The van der Waals surface area contributed by atoms with Crippen LogP contribution in [0.5, 0.6) is 0 Å². The molecule has 22 heavy (non-hydrogen) atoms. The fraction of sp³-hybridized carbons (Fsp3) is 0.429. The van der Waals surface area contributed by atoms with Crippen LogP contribution >= 0.6 is 0 Å². The largest absolute Gasteiger partial charge is 0.448 e. The second-order valence-electron chi connectivity index (χ2n) is 5.18. The van der Waals surface area contributed by atoms with Crippen molar-refractivity contribution in [3.63, 3.8) is 0 Å². The Morgan fingerprint density at radius 2 is 2.32 bits per heavy atom. The van der Waals surface area contributed by atoms with E-state index in [4.69, 9.17) is 4.42 Å². The van der Waals surface area contributed by atoms with E-state index < -0.39 is 0 Å². The Morgan fingerprint density at radius 1 is 1.50 bits per heavy atom. The van der Waals surface area contributed by atoms with Crippen LogP contribution in [0.1, 0.15) is 51.3 Å². The van der Waals surface area contributed by atoms with Gasteiger partial charge in [0.05, 0.1) is 23.5 Å². The topological polar surface area (TPSA) is 104 Å². The molecule has 2 aromatic heterocycles. The summed E-state index contributed by atoms with van der Waals surface area (Å²) in [7, 11) is 1.56. The maximum atomic E-state index is 12.6. The monoisotopic (exact) mass is 303 g/mol. The first-order valence-electron chi connectivity index (χ1n) is 7.10. The van der Waals surface area contributed by atoms with Crippen molar-refractivity contribution in [1.82, 2.24) is 25.4 Å². The number of carbonyl (C=O) groups is 2. The van der Waals surface area contributed by atoms with Crippen molar-refractivity contribution in [3.8, 4) is 0 Å². The van der Waals surface area contributed by atoms with E-state index in [-0.39, 0.29) is 23.6 Å². The molecule has 0 radical (unpaired) electrons. The van der Waals surface area contributed by atoms with Crippen LogP contribution in [0.4, 0.5) is 0 Å². The average molecular weight is 303 g/mol. The Labute approximate surface area is 126 Å². The maximum absolute atomic E-state index is 12.6. The number of hydrogen-bond acceptors (Lipinski definition) is 5. The molecule has 8 nitrogen and oxygen atoms in total. The van der Waals surface area contributed by atoms with Gasteiger partial charge in [-0.25, -0.2) is 4.98 Å². The van der Waals surface area contributed by atoms with Crippen LogP contribution in [0.3, 0.4) is 0 Å². The Balaban J connectivity index is 1.89. The van der Waals surface area contributed by atoms with Gasteiger partial charge in [0.2, 0.25) is 0 Å². The van der Waals surface area contributed by atoms with Crippen LogP contribution in [0.15, 0.2) is 16.9 Å². The van der Waals surface area contributed by atoms with Gasteiger partial charge in [-0.2, -0.15) is 5.10 Å². The number of oxazole rings is 1. The molecule has 8 heteroatoms. The van der Waals surface area contributed by atoms with Gasteiger partial charge in [-0.3, -0.25) is 14.7 Å². The highest BCUT2D eigenvalue weighted by Gasteiger charge is 2.35. The molecule has 0 bridgehead atoms. The molecule has 1 fully saturated rings. The van der Waals surface area contributed by atoms with Crippen LogP contribution in [-0.2, 0) is 0 Å². The Morgan fingerprint density at radius 3 is 3.00 bits per heavy atom. The number of aromatic amines is 1. The van der Waals surface area contributed by atoms with Gasteiger partial charge in [0, 0.05) is 20.5 Å². The maximum Gasteiger partial charge on any atom is 0.276 e. The normalized spacial score (nSPS) is 17.7. The van der Waals surface area contributed by atoms with Crippen molar-refractivity contribution in [1.29, 1.82) is 0 Å². The van der Waals surface area contributed by atoms with E-state index in [0.29, 0.717) is 23.7 Å². The summed E-state index contributed by atoms with van der Waals surface area (Å²) < 4.78 is 5.11. The van der Waals surface area contributed by atoms with Gasteiger partial charge >= 0.3 is 0 Å². The molecule has 1 saturated heterocycles. The number of amides is 2. The number of H-pyrrole nitrogens is 1. The number of carbonyl (C=O) groups excluding carboxylic acids is 2. The van der Waals surface area contributed by atoms with E-state index in [1.165, 1.54) is 12.5 Å². The number of aromatic nitrogens is 3. The molecule has 1 aliphatic rings. The van der Waals surface area contributed by atoms with Crippen LogP contribution in [-0.4, -0.2) is 45.5 Å². The first kappa shape index (κ1) is 14.3. The van der Waals surface area contributed by atoms with Crippen LogP contribution in [0, 0.1) is 6.92 Å². The first-order valence-corrected chi connectivity index (χ1v) is 7.10. The van der Waals surface area contributed by atoms with Gasteiger partial charge in [-0.1, -0.05) is 0 Å². The van der Waals surface area contributed by atoms with E-state index in [9.17, 15) is 9.59 Å². The van der Waals surface area contributed by atoms with Crippen molar-refractivity contribution < 1.29 is 14.0 Å². The molecule has 0 aromatic carbocycles. The lowest BCUT2D eigenvalue weighted by atomic mass is 10.1. The molecule has 0 aliphatic carbocycles. The smallest absolute Gasteiger partial charge is 0.276 e. The molecule has 0 saturated carbocycles. The van der Waals surface area contributed by atoms with E-state index in [0.717, 1.165) is 12.8 Å². The fourth-order valence-corrected chi connectivity index (χ4v) is 2.78. The Kier molecular flexibility index (Phi) is 3.66. The van der Waals surface area contributed by atoms with Crippen molar-refractivity contribution in [2.75, 3.05) is 13.6 Å².